The van der Waals surface area contributed by atoms with E-state index >= 15 is 0 Å². The van der Waals surface area contributed by atoms with E-state index in [-0.39, 0.29) is 19.8 Å². The molecule has 1 amide bonds. The summed E-state index contributed by atoms with van der Waals surface area (Å²) in [4.78, 5) is 24.4. The van der Waals surface area contributed by atoms with Crippen molar-refractivity contribution in [3.05, 3.63) is 71.8 Å². The maximum Gasteiger partial charge on any atom is 0.410 e. The zero-order chi connectivity index (χ0) is 18.8. The average Bonchev–Trinajstić information content (AvgIpc) is 2.67. The molecule has 1 unspecified atom stereocenters. The van der Waals surface area contributed by atoms with Crippen LogP contribution in [0.15, 0.2) is 60.7 Å². The van der Waals surface area contributed by atoms with Gasteiger partial charge in [-0.2, -0.15) is 0 Å². The summed E-state index contributed by atoms with van der Waals surface area (Å²) in [7, 11) is 0. The van der Waals surface area contributed by atoms with E-state index in [2.05, 4.69) is 5.32 Å². The molecular formula is C20H23NO5. The van der Waals surface area contributed by atoms with Gasteiger partial charge in [0.1, 0.15) is 6.61 Å². The van der Waals surface area contributed by atoms with Gasteiger partial charge in [0.25, 0.3) is 0 Å². The van der Waals surface area contributed by atoms with E-state index in [4.69, 9.17) is 14.2 Å². The maximum absolute atomic E-state index is 12.3. The molecule has 0 radical (unpaired) electrons. The summed E-state index contributed by atoms with van der Waals surface area (Å²) in [6.07, 6.45) is -0.766. The maximum atomic E-state index is 12.3. The lowest BCUT2D eigenvalue weighted by Gasteiger charge is -2.28. The molecule has 0 aromatic heterocycles. The molecule has 0 aliphatic heterocycles. The summed E-state index contributed by atoms with van der Waals surface area (Å²) >= 11 is 0. The molecule has 0 saturated heterocycles. The van der Waals surface area contributed by atoms with Gasteiger partial charge in [0, 0.05) is 0 Å². The summed E-state index contributed by atoms with van der Waals surface area (Å²) in [6, 6.07) is 18.6. The Bertz CT molecular complexity index is 705. The van der Waals surface area contributed by atoms with Crippen molar-refractivity contribution in [1.29, 1.82) is 0 Å². The molecule has 2 rings (SSSR count). The van der Waals surface area contributed by atoms with Crippen LogP contribution in [0.5, 0.6) is 0 Å². The minimum atomic E-state index is -1.65. The molecule has 0 spiro atoms. The van der Waals surface area contributed by atoms with Crippen LogP contribution in [-0.2, 0) is 32.2 Å². The van der Waals surface area contributed by atoms with Crippen LogP contribution in [0.4, 0.5) is 4.79 Å². The van der Waals surface area contributed by atoms with Crippen molar-refractivity contribution < 1.29 is 23.8 Å². The zero-order valence-corrected chi connectivity index (χ0v) is 14.9. The molecule has 0 aliphatic carbocycles. The van der Waals surface area contributed by atoms with Gasteiger partial charge in [0.05, 0.1) is 13.2 Å². The molecule has 1 N–H and O–H groups in total. The molecule has 0 aliphatic rings. The van der Waals surface area contributed by atoms with E-state index in [1.165, 1.54) is 6.92 Å². The molecule has 6 nitrogen and oxygen atoms in total. The number of ether oxygens (including phenoxy) is 3. The van der Waals surface area contributed by atoms with E-state index in [0.717, 1.165) is 11.1 Å². The smallest absolute Gasteiger partial charge is 0.410 e. The molecule has 0 bridgehead atoms. The van der Waals surface area contributed by atoms with E-state index in [1.807, 2.05) is 60.7 Å². The highest BCUT2D eigenvalue weighted by molar-refractivity contribution is 5.83. The summed E-state index contributed by atoms with van der Waals surface area (Å²) < 4.78 is 15.9. The van der Waals surface area contributed by atoms with Crippen molar-refractivity contribution in [1.82, 2.24) is 5.32 Å². The number of benzene rings is 2. The highest BCUT2D eigenvalue weighted by Crippen LogP contribution is 2.14. The molecule has 26 heavy (non-hydrogen) atoms. The Morgan fingerprint density at radius 2 is 1.42 bits per heavy atom. The topological polar surface area (TPSA) is 73.9 Å². The van der Waals surface area contributed by atoms with Gasteiger partial charge in [-0.3, -0.25) is 5.32 Å². The summed E-state index contributed by atoms with van der Waals surface area (Å²) in [5.41, 5.74) is 0.0489. The van der Waals surface area contributed by atoms with Gasteiger partial charge in [-0.25, -0.2) is 9.59 Å². The van der Waals surface area contributed by atoms with Crippen LogP contribution >= 0.6 is 0 Å². The molecular weight excluding hydrogens is 334 g/mol. The van der Waals surface area contributed by atoms with Gasteiger partial charge < -0.3 is 14.2 Å². The number of rotatable bonds is 8. The Kier molecular flexibility index (Phi) is 7.17. The minimum Gasteiger partial charge on any atom is -0.462 e. The van der Waals surface area contributed by atoms with Crippen LogP contribution in [0.25, 0.3) is 0 Å². The molecule has 2 aromatic carbocycles. The SMILES string of the molecule is CCOC(=O)C(C)(NC(=O)OCc1ccccc1)OCc1ccccc1. The minimum absolute atomic E-state index is 0.0876. The number of alkyl carbamates (subject to hydrolysis) is 1. The van der Waals surface area contributed by atoms with Crippen LogP contribution in [-0.4, -0.2) is 24.4 Å². The Balaban J connectivity index is 1.98. The van der Waals surface area contributed by atoms with Crippen molar-refractivity contribution in [2.24, 2.45) is 0 Å². The average molecular weight is 357 g/mol. The highest BCUT2D eigenvalue weighted by atomic mass is 16.6. The number of hydrogen-bond acceptors (Lipinski definition) is 5. The van der Waals surface area contributed by atoms with Gasteiger partial charge in [-0.05, 0) is 25.0 Å². The van der Waals surface area contributed by atoms with Gasteiger partial charge in [0.15, 0.2) is 0 Å². The van der Waals surface area contributed by atoms with E-state index in [9.17, 15) is 9.59 Å². The molecule has 0 saturated carbocycles. The van der Waals surface area contributed by atoms with Crippen LogP contribution < -0.4 is 5.32 Å². The fourth-order valence-corrected chi connectivity index (χ4v) is 2.17. The lowest BCUT2D eigenvalue weighted by Crippen LogP contribution is -2.55. The third-order valence-electron chi connectivity index (χ3n) is 3.59. The van der Waals surface area contributed by atoms with E-state index in [1.54, 1.807) is 6.92 Å². The van der Waals surface area contributed by atoms with Crippen molar-refractivity contribution in [2.45, 2.75) is 32.8 Å². The monoisotopic (exact) mass is 357 g/mol. The summed E-state index contributed by atoms with van der Waals surface area (Å²) in [5.74, 6) is -0.687. The number of carbonyl (C=O) groups is 2. The van der Waals surface area contributed by atoms with Crippen LogP contribution in [0, 0.1) is 0 Å². The predicted molar refractivity (Wildman–Crippen MR) is 96.0 cm³/mol. The van der Waals surface area contributed by atoms with E-state index in [0.29, 0.717) is 0 Å². The van der Waals surface area contributed by atoms with Gasteiger partial charge in [-0.15, -0.1) is 0 Å². The Morgan fingerprint density at radius 3 is 1.96 bits per heavy atom. The highest BCUT2D eigenvalue weighted by Gasteiger charge is 2.38. The Labute approximate surface area is 153 Å². The second-order valence-corrected chi connectivity index (χ2v) is 5.71. The quantitative estimate of drug-likeness (QED) is 0.579. The van der Waals surface area contributed by atoms with Crippen LogP contribution in [0.1, 0.15) is 25.0 Å². The number of amides is 1. The fraction of sp³-hybridized carbons (Fsp3) is 0.300. The van der Waals surface area contributed by atoms with Crippen molar-refractivity contribution in [2.75, 3.05) is 6.61 Å². The molecule has 0 heterocycles. The first-order chi connectivity index (χ1) is 12.5. The first kappa shape index (κ1) is 19.5. The standard InChI is InChI=1S/C20H23NO5/c1-3-24-18(22)20(2,26-15-17-12-8-5-9-13-17)21-19(23)25-14-16-10-6-4-7-11-16/h4-13H,3,14-15H2,1-2H3,(H,21,23). The second-order valence-electron chi connectivity index (χ2n) is 5.71. The van der Waals surface area contributed by atoms with Gasteiger partial charge in [0.2, 0.25) is 5.72 Å². The van der Waals surface area contributed by atoms with E-state index < -0.39 is 17.8 Å². The summed E-state index contributed by atoms with van der Waals surface area (Å²) in [5, 5.41) is 2.46. The third-order valence-corrected chi connectivity index (χ3v) is 3.59. The van der Waals surface area contributed by atoms with Crippen molar-refractivity contribution >= 4 is 12.1 Å². The van der Waals surface area contributed by atoms with Gasteiger partial charge in [-0.1, -0.05) is 60.7 Å². The van der Waals surface area contributed by atoms with Crippen LogP contribution in [0.2, 0.25) is 0 Å². The lowest BCUT2D eigenvalue weighted by molar-refractivity contribution is -0.175. The number of hydrogen-bond donors (Lipinski definition) is 1. The molecule has 6 heteroatoms. The summed E-state index contributed by atoms with van der Waals surface area (Å²) in [6.45, 7) is 3.52. The normalized spacial score (nSPS) is 12.7. The molecule has 0 fully saturated rings. The largest absolute Gasteiger partial charge is 0.462 e. The van der Waals surface area contributed by atoms with Crippen LogP contribution in [0.3, 0.4) is 0 Å². The predicted octanol–water partition coefficient (Wildman–Crippen LogP) is 3.41. The molecule has 138 valence electrons. The molecule has 2 aromatic rings. The van der Waals surface area contributed by atoms with Crippen molar-refractivity contribution in [3.8, 4) is 0 Å². The first-order valence-corrected chi connectivity index (χ1v) is 8.37. The second kappa shape index (κ2) is 9.58. The van der Waals surface area contributed by atoms with Gasteiger partial charge >= 0.3 is 12.1 Å². The first-order valence-electron chi connectivity index (χ1n) is 8.37. The fourth-order valence-electron chi connectivity index (χ4n) is 2.17. The lowest BCUT2D eigenvalue weighted by atomic mass is 10.2. The number of esters is 1. The third kappa shape index (κ3) is 5.89. The number of carbonyl (C=O) groups excluding carboxylic acids is 2. The van der Waals surface area contributed by atoms with Crippen molar-refractivity contribution in [3.63, 3.8) is 0 Å². The number of nitrogens with one attached hydrogen (secondary N) is 1. The Hall–Kier alpha value is -2.86. The Morgan fingerprint density at radius 1 is 0.885 bits per heavy atom. The zero-order valence-electron chi connectivity index (χ0n) is 14.9. The molecule has 1 atom stereocenters.